The average Bonchev–Trinajstić information content (AvgIpc) is 3.23. The number of aryl methyl sites for hydroxylation is 3. The Morgan fingerprint density at radius 2 is 1.93 bits per heavy atom. The minimum absolute atomic E-state index is 0.237. The predicted molar refractivity (Wildman–Crippen MR) is 111 cm³/mol. The van der Waals surface area contributed by atoms with Crippen molar-refractivity contribution in [3.05, 3.63) is 70.5 Å². The molecule has 4 rings (SSSR count). The van der Waals surface area contributed by atoms with Crippen LogP contribution in [-0.2, 0) is 29.6 Å². The van der Waals surface area contributed by atoms with E-state index in [2.05, 4.69) is 41.2 Å². The molecule has 0 N–H and O–H groups in total. The summed E-state index contributed by atoms with van der Waals surface area (Å²) in [6, 6.07) is 14.2. The number of nitrogens with zero attached hydrogens (tertiary/aromatic N) is 3. The highest BCUT2D eigenvalue weighted by atomic mass is 32.1. The van der Waals surface area contributed by atoms with Gasteiger partial charge in [0.05, 0.1) is 29.5 Å². The van der Waals surface area contributed by atoms with Crippen LogP contribution >= 0.6 is 11.3 Å². The molecule has 5 nitrogen and oxygen atoms in total. The van der Waals surface area contributed by atoms with Crippen molar-refractivity contribution in [1.82, 2.24) is 14.5 Å². The van der Waals surface area contributed by atoms with Crippen molar-refractivity contribution < 1.29 is 9.53 Å². The van der Waals surface area contributed by atoms with Gasteiger partial charge in [0, 0.05) is 17.5 Å². The van der Waals surface area contributed by atoms with Gasteiger partial charge in [-0.2, -0.15) is 0 Å². The molecule has 6 heteroatoms. The van der Waals surface area contributed by atoms with Gasteiger partial charge in [0.15, 0.2) is 0 Å². The van der Waals surface area contributed by atoms with E-state index in [0.29, 0.717) is 0 Å². The van der Waals surface area contributed by atoms with Crippen LogP contribution in [0.2, 0.25) is 0 Å². The molecule has 0 aliphatic rings. The van der Waals surface area contributed by atoms with Gasteiger partial charge >= 0.3 is 5.97 Å². The lowest BCUT2D eigenvalue weighted by Crippen LogP contribution is -2.07. The number of aromatic nitrogens is 3. The number of thiazole rings is 1. The van der Waals surface area contributed by atoms with E-state index in [0.717, 1.165) is 37.7 Å². The number of rotatable bonds is 5. The molecular weight excluding hydrogens is 370 g/mol. The van der Waals surface area contributed by atoms with Crippen molar-refractivity contribution in [2.24, 2.45) is 7.05 Å². The Labute approximate surface area is 167 Å². The normalized spacial score (nSPS) is 11.1. The Bertz CT molecular complexity index is 1140. The molecule has 2 aromatic carbocycles. The fraction of sp³-hybridized carbons (Fsp3) is 0.227. The van der Waals surface area contributed by atoms with Crippen LogP contribution < -0.4 is 0 Å². The molecule has 0 aliphatic heterocycles. The minimum Gasteiger partial charge on any atom is -0.461 e. The topological polar surface area (TPSA) is 57.0 Å². The van der Waals surface area contributed by atoms with Gasteiger partial charge in [-0.05, 0) is 31.5 Å². The molecule has 0 radical (unpaired) electrons. The zero-order chi connectivity index (χ0) is 19.7. The van der Waals surface area contributed by atoms with E-state index in [4.69, 9.17) is 4.74 Å². The summed E-state index contributed by atoms with van der Waals surface area (Å²) >= 11 is 1.55. The van der Waals surface area contributed by atoms with Crippen LogP contribution in [0.5, 0.6) is 0 Å². The maximum Gasteiger partial charge on any atom is 0.311 e. The van der Waals surface area contributed by atoms with Crippen molar-refractivity contribution in [3.8, 4) is 10.6 Å². The zero-order valence-electron chi connectivity index (χ0n) is 16.1. The van der Waals surface area contributed by atoms with Crippen molar-refractivity contribution >= 4 is 28.3 Å². The molecule has 0 fully saturated rings. The Hall–Kier alpha value is -2.99. The quantitative estimate of drug-likeness (QED) is 0.467. The van der Waals surface area contributed by atoms with E-state index in [1.165, 1.54) is 5.56 Å². The van der Waals surface area contributed by atoms with Crippen LogP contribution in [0.25, 0.3) is 21.6 Å². The lowest BCUT2D eigenvalue weighted by Gasteiger charge is -2.05. The first-order chi connectivity index (χ1) is 13.5. The Morgan fingerprint density at radius 3 is 2.71 bits per heavy atom. The molecular formula is C22H21N3O2S. The van der Waals surface area contributed by atoms with Crippen LogP contribution in [0.3, 0.4) is 0 Å². The van der Waals surface area contributed by atoms with Crippen LogP contribution in [0.1, 0.15) is 21.7 Å². The molecule has 0 unspecified atom stereocenters. The van der Waals surface area contributed by atoms with Gasteiger partial charge in [0.2, 0.25) is 0 Å². The summed E-state index contributed by atoms with van der Waals surface area (Å²) in [4.78, 5) is 22.2. The molecule has 0 bridgehead atoms. The van der Waals surface area contributed by atoms with Crippen molar-refractivity contribution in [2.75, 3.05) is 0 Å². The number of benzene rings is 2. The number of carbonyl (C=O) groups excluding carboxylic acids is 1. The smallest absolute Gasteiger partial charge is 0.311 e. The molecule has 0 saturated carbocycles. The van der Waals surface area contributed by atoms with E-state index in [1.807, 2.05) is 36.7 Å². The van der Waals surface area contributed by atoms with Gasteiger partial charge in [-0.3, -0.25) is 4.79 Å². The largest absolute Gasteiger partial charge is 0.461 e. The fourth-order valence-electron chi connectivity index (χ4n) is 3.03. The summed E-state index contributed by atoms with van der Waals surface area (Å²) in [5, 5.41) is 0.931. The molecule has 0 atom stereocenters. The minimum atomic E-state index is -0.247. The highest BCUT2D eigenvalue weighted by Crippen LogP contribution is 2.28. The van der Waals surface area contributed by atoms with Gasteiger partial charge in [-0.15, -0.1) is 11.3 Å². The van der Waals surface area contributed by atoms with E-state index in [1.54, 1.807) is 17.7 Å². The predicted octanol–water partition coefficient (Wildman–Crippen LogP) is 4.60. The van der Waals surface area contributed by atoms with E-state index < -0.39 is 0 Å². The second-order valence-electron chi connectivity index (χ2n) is 6.91. The summed E-state index contributed by atoms with van der Waals surface area (Å²) in [5.41, 5.74) is 6.05. The van der Waals surface area contributed by atoms with Crippen molar-refractivity contribution in [2.45, 2.75) is 26.9 Å². The van der Waals surface area contributed by atoms with E-state index in [-0.39, 0.29) is 19.0 Å². The third-order valence-electron chi connectivity index (χ3n) is 4.69. The second kappa shape index (κ2) is 7.56. The zero-order valence-corrected chi connectivity index (χ0v) is 16.9. The van der Waals surface area contributed by atoms with Crippen LogP contribution in [0.4, 0.5) is 0 Å². The van der Waals surface area contributed by atoms with Crippen molar-refractivity contribution in [1.29, 1.82) is 0 Å². The number of ether oxygens (including phenoxy) is 1. The van der Waals surface area contributed by atoms with Gasteiger partial charge < -0.3 is 9.30 Å². The fourth-order valence-corrected chi connectivity index (χ4v) is 4.08. The molecule has 0 amide bonds. The number of hydrogen-bond donors (Lipinski definition) is 0. The molecule has 0 spiro atoms. The van der Waals surface area contributed by atoms with Crippen molar-refractivity contribution in [3.63, 3.8) is 0 Å². The third kappa shape index (κ3) is 3.82. The van der Waals surface area contributed by atoms with Gasteiger partial charge in [-0.25, -0.2) is 9.97 Å². The van der Waals surface area contributed by atoms with Gasteiger partial charge in [-0.1, -0.05) is 35.9 Å². The molecule has 2 aromatic heterocycles. The highest BCUT2D eigenvalue weighted by molar-refractivity contribution is 7.15. The molecule has 0 aliphatic carbocycles. The highest BCUT2D eigenvalue weighted by Gasteiger charge is 2.14. The lowest BCUT2D eigenvalue weighted by molar-refractivity contribution is -0.144. The summed E-state index contributed by atoms with van der Waals surface area (Å²) < 4.78 is 7.44. The molecule has 142 valence electrons. The first-order valence-electron chi connectivity index (χ1n) is 9.08. The first-order valence-corrected chi connectivity index (χ1v) is 9.90. The summed E-state index contributed by atoms with van der Waals surface area (Å²) in [6.07, 6.45) is 2.01. The molecule has 2 heterocycles. The average molecular weight is 391 g/mol. The lowest BCUT2D eigenvalue weighted by atomic mass is 10.2. The molecule has 28 heavy (non-hydrogen) atoms. The standard InChI is InChI=1S/C22H21N3O2S/c1-14-4-7-17(8-5-14)22-24-15(2)20(28-22)11-21(26)27-12-16-6-9-19-18(10-16)23-13-25(19)3/h4-10,13H,11-12H2,1-3H3. The van der Waals surface area contributed by atoms with Crippen LogP contribution in [-0.4, -0.2) is 20.5 Å². The van der Waals surface area contributed by atoms with E-state index in [9.17, 15) is 4.79 Å². The third-order valence-corrected chi connectivity index (χ3v) is 5.89. The number of imidazole rings is 1. The first kappa shape index (κ1) is 18.4. The van der Waals surface area contributed by atoms with Crippen LogP contribution in [0, 0.1) is 13.8 Å². The van der Waals surface area contributed by atoms with E-state index >= 15 is 0 Å². The number of esters is 1. The molecule has 4 aromatic rings. The number of hydrogen-bond acceptors (Lipinski definition) is 5. The number of carbonyl (C=O) groups is 1. The maximum absolute atomic E-state index is 12.3. The Balaban J connectivity index is 1.41. The summed E-state index contributed by atoms with van der Waals surface area (Å²) in [5.74, 6) is -0.247. The molecule has 0 saturated heterocycles. The SMILES string of the molecule is Cc1ccc(-c2nc(C)c(CC(=O)OCc3ccc4c(c3)ncn4C)s2)cc1. The number of fused-ring (bicyclic) bond motifs is 1. The summed E-state index contributed by atoms with van der Waals surface area (Å²) in [6.45, 7) is 4.24. The van der Waals surface area contributed by atoms with Crippen LogP contribution in [0.15, 0.2) is 48.8 Å². The summed E-state index contributed by atoms with van der Waals surface area (Å²) in [7, 11) is 1.96. The Morgan fingerprint density at radius 1 is 1.14 bits per heavy atom. The van der Waals surface area contributed by atoms with Gasteiger partial charge in [0.1, 0.15) is 11.6 Å². The second-order valence-corrected chi connectivity index (χ2v) is 7.99. The maximum atomic E-state index is 12.3. The monoisotopic (exact) mass is 391 g/mol. The van der Waals surface area contributed by atoms with Gasteiger partial charge in [0.25, 0.3) is 0 Å². The Kier molecular flexibility index (Phi) is 4.96.